The molecule has 4 heteroatoms. The molecule has 1 aliphatic carbocycles. The topological polar surface area (TPSA) is 29.1 Å². The summed E-state index contributed by atoms with van der Waals surface area (Å²) in [4.78, 5) is 13.1. The highest BCUT2D eigenvalue weighted by Gasteiger charge is 2.20. The lowest BCUT2D eigenvalue weighted by atomic mass is 9.89. The maximum Gasteiger partial charge on any atom is 0.223 e. The van der Waals surface area contributed by atoms with E-state index >= 15 is 0 Å². The molecule has 1 fully saturated rings. The van der Waals surface area contributed by atoms with Crippen LogP contribution in [0.15, 0.2) is 15.9 Å². The minimum atomic E-state index is 0.240. The predicted molar refractivity (Wildman–Crippen MR) is 70.4 cm³/mol. The summed E-state index contributed by atoms with van der Waals surface area (Å²) in [7, 11) is 0. The van der Waals surface area contributed by atoms with Gasteiger partial charge >= 0.3 is 0 Å². The van der Waals surface area contributed by atoms with E-state index in [2.05, 4.69) is 27.3 Å². The molecule has 1 aromatic rings. The molecule has 0 aliphatic heterocycles. The van der Waals surface area contributed by atoms with Crippen LogP contribution in [0, 0.1) is 5.92 Å². The summed E-state index contributed by atoms with van der Waals surface area (Å²) in [6.45, 7) is 0.672. The van der Waals surface area contributed by atoms with Crippen LogP contribution in [0.5, 0.6) is 0 Å². The zero-order valence-corrected chi connectivity index (χ0v) is 11.6. The second kappa shape index (κ2) is 5.82. The van der Waals surface area contributed by atoms with E-state index in [-0.39, 0.29) is 11.8 Å². The van der Waals surface area contributed by atoms with E-state index in [0.29, 0.717) is 6.54 Å². The molecule has 0 bridgehead atoms. The zero-order chi connectivity index (χ0) is 11.4. The normalized spacial score (nSPS) is 17.3. The Bertz CT molecular complexity index is 358. The Hall–Kier alpha value is -0.350. The molecule has 0 unspecified atom stereocenters. The van der Waals surface area contributed by atoms with Crippen molar-refractivity contribution in [1.82, 2.24) is 5.32 Å². The van der Waals surface area contributed by atoms with Gasteiger partial charge in [-0.25, -0.2) is 0 Å². The highest BCUT2D eigenvalue weighted by atomic mass is 79.9. The van der Waals surface area contributed by atoms with Gasteiger partial charge in [-0.05, 0) is 34.8 Å². The SMILES string of the molecule is O=C(NCc1cc(Br)cs1)C1CCCCC1. The average Bonchev–Trinajstić information content (AvgIpc) is 2.73. The number of nitrogens with one attached hydrogen (secondary N) is 1. The Labute approximate surface area is 109 Å². The molecule has 0 radical (unpaired) electrons. The molecule has 2 rings (SSSR count). The van der Waals surface area contributed by atoms with Gasteiger partial charge in [0, 0.05) is 20.6 Å². The smallest absolute Gasteiger partial charge is 0.223 e. The lowest BCUT2D eigenvalue weighted by Crippen LogP contribution is -2.31. The summed E-state index contributed by atoms with van der Waals surface area (Å²) < 4.78 is 1.10. The number of rotatable bonds is 3. The van der Waals surface area contributed by atoms with Crippen molar-refractivity contribution in [1.29, 1.82) is 0 Å². The summed E-state index contributed by atoms with van der Waals surface area (Å²) >= 11 is 5.09. The molecular formula is C12H16BrNOS. The molecular weight excluding hydrogens is 286 g/mol. The van der Waals surface area contributed by atoms with Crippen LogP contribution in [0.1, 0.15) is 37.0 Å². The molecule has 1 aliphatic rings. The number of amides is 1. The van der Waals surface area contributed by atoms with Crippen LogP contribution >= 0.6 is 27.3 Å². The lowest BCUT2D eigenvalue weighted by Gasteiger charge is -2.20. The van der Waals surface area contributed by atoms with Crippen LogP contribution in [0.25, 0.3) is 0 Å². The molecule has 1 aromatic heterocycles. The van der Waals surface area contributed by atoms with Crippen molar-refractivity contribution >= 4 is 33.2 Å². The number of carbonyl (C=O) groups is 1. The van der Waals surface area contributed by atoms with E-state index in [9.17, 15) is 4.79 Å². The van der Waals surface area contributed by atoms with Crippen LogP contribution in [0.4, 0.5) is 0 Å². The van der Waals surface area contributed by atoms with Gasteiger partial charge in [0.1, 0.15) is 0 Å². The molecule has 0 spiro atoms. The quantitative estimate of drug-likeness (QED) is 0.906. The van der Waals surface area contributed by atoms with Crippen LogP contribution in [0.2, 0.25) is 0 Å². The average molecular weight is 302 g/mol. The first-order valence-corrected chi connectivity index (χ1v) is 7.43. The van der Waals surface area contributed by atoms with E-state index < -0.39 is 0 Å². The van der Waals surface area contributed by atoms with Gasteiger partial charge in [-0.2, -0.15) is 0 Å². The number of carbonyl (C=O) groups excluding carboxylic acids is 1. The van der Waals surface area contributed by atoms with E-state index in [4.69, 9.17) is 0 Å². The molecule has 0 aromatic carbocycles. The van der Waals surface area contributed by atoms with Gasteiger partial charge in [0.15, 0.2) is 0 Å². The van der Waals surface area contributed by atoms with Crippen molar-refractivity contribution in [3.8, 4) is 0 Å². The monoisotopic (exact) mass is 301 g/mol. The molecule has 2 nitrogen and oxygen atoms in total. The van der Waals surface area contributed by atoms with Crippen LogP contribution < -0.4 is 5.32 Å². The highest BCUT2D eigenvalue weighted by Crippen LogP contribution is 2.24. The van der Waals surface area contributed by atoms with Gasteiger partial charge < -0.3 is 5.32 Å². The third-order valence-corrected chi connectivity index (χ3v) is 4.73. The summed E-state index contributed by atoms with van der Waals surface area (Å²) in [6, 6.07) is 2.06. The second-order valence-electron chi connectivity index (χ2n) is 4.28. The van der Waals surface area contributed by atoms with E-state index in [1.165, 1.54) is 24.1 Å². The van der Waals surface area contributed by atoms with Crippen LogP contribution in [0.3, 0.4) is 0 Å². The largest absolute Gasteiger partial charge is 0.351 e. The molecule has 1 amide bonds. The summed E-state index contributed by atoms with van der Waals surface area (Å²) in [5.41, 5.74) is 0. The standard InChI is InChI=1S/C12H16BrNOS/c13-10-6-11(16-8-10)7-14-12(15)9-4-2-1-3-5-9/h6,8-9H,1-5,7H2,(H,14,15). The molecule has 1 N–H and O–H groups in total. The van der Waals surface area contributed by atoms with Gasteiger partial charge in [-0.3, -0.25) is 4.79 Å². The highest BCUT2D eigenvalue weighted by molar-refractivity contribution is 9.10. The van der Waals surface area contributed by atoms with E-state index in [0.717, 1.165) is 17.3 Å². The second-order valence-corrected chi connectivity index (χ2v) is 6.20. The first-order valence-electron chi connectivity index (χ1n) is 5.76. The predicted octanol–water partition coefficient (Wildman–Crippen LogP) is 3.71. The van der Waals surface area contributed by atoms with Crippen molar-refractivity contribution in [2.24, 2.45) is 5.92 Å². The van der Waals surface area contributed by atoms with Gasteiger partial charge in [-0.15, -0.1) is 11.3 Å². The number of hydrogen-bond donors (Lipinski definition) is 1. The number of thiophene rings is 1. The minimum Gasteiger partial charge on any atom is -0.351 e. The Morgan fingerprint density at radius 1 is 1.44 bits per heavy atom. The third-order valence-electron chi connectivity index (χ3n) is 3.03. The Morgan fingerprint density at radius 3 is 2.81 bits per heavy atom. The first-order chi connectivity index (χ1) is 7.75. The maximum absolute atomic E-state index is 11.9. The van der Waals surface area contributed by atoms with Crippen LogP contribution in [-0.2, 0) is 11.3 Å². The minimum absolute atomic E-state index is 0.240. The molecule has 1 saturated carbocycles. The fourth-order valence-electron chi connectivity index (χ4n) is 2.13. The van der Waals surface area contributed by atoms with Crippen molar-refractivity contribution < 1.29 is 4.79 Å². The third kappa shape index (κ3) is 3.32. The van der Waals surface area contributed by atoms with Gasteiger partial charge in [0.25, 0.3) is 0 Å². The van der Waals surface area contributed by atoms with Crippen molar-refractivity contribution in [2.45, 2.75) is 38.6 Å². The van der Waals surface area contributed by atoms with Gasteiger partial charge in [0.05, 0.1) is 6.54 Å². The van der Waals surface area contributed by atoms with E-state index in [1.807, 2.05) is 5.38 Å². The summed E-state index contributed by atoms with van der Waals surface area (Å²) in [6.07, 6.45) is 5.85. The molecule has 0 saturated heterocycles. The fraction of sp³-hybridized carbons (Fsp3) is 0.583. The lowest BCUT2D eigenvalue weighted by molar-refractivity contribution is -0.126. The first kappa shape index (κ1) is 12.1. The molecule has 1 heterocycles. The van der Waals surface area contributed by atoms with Gasteiger partial charge in [-0.1, -0.05) is 19.3 Å². The van der Waals surface area contributed by atoms with E-state index in [1.54, 1.807) is 11.3 Å². The zero-order valence-electron chi connectivity index (χ0n) is 9.17. The molecule has 16 heavy (non-hydrogen) atoms. The number of hydrogen-bond acceptors (Lipinski definition) is 2. The fourth-order valence-corrected chi connectivity index (χ4v) is 3.52. The molecule has 0 atom stereocenters. The van der Waals surface area contributed by atoms with Crippen LogP contribution in [-0.4, -0.2) is 5.91 Å². The molecule has 88 valence electrons. The Balaban J connectivity index is 1.78. The summed E-state index contributed by atoms with van der Waals surface area (Å²) in [5, 5.41) is 5.08. The number of halogens is 1. The maximum atomic E-state index is 11.9. The Morgan fingerprint density at radius 2 is 2.19 bits per heavy atom. The summed E-state index contributed by atoms with van der Waals surface area (Å²) in [5.74, 6) is 0.501. The van der Waals surface area contributed by atoms with Crippen molar-refractivity contribution in [2.75, 3.05) is 0 Å². The van der Waals surface area contributed by atoms with Gasteiger partial charge in [0.2, 0.25) is 5.91 Å². The Kier molecular flexibility index (Phi) is 4.41. The van der Waals surface area contributed by atoms with Crippen molar-refractivity contribution in [3.05, 3.63) is 20.8 Å². The van der Waals surface area contributed by atoms with Crippen molar-refractivity contribution in [3.63, 3.8) is 0 Å².